The molecule has 1 aromatic carbocycles. The van der Waals surface area contributed by atoms with Crippen molar-refractivity contribution >= 4 is 33.4 Å². The molecule has 0 aliphatic heterocycles. The van der Waals surface area contributed by atoms with Crippen LogP contribution in [0, 0.1) is 0 Å². The number of rotatable bonds is 4. The molecule has 0 radical (unpaired) electrons. The third kappa shape index (κ3) is 3.45. The van der Waals surface area contributed by atoms with Gasteiger partial charge in [0.15, 0.2) is 0 Å². The number of likely N-dealkylation sites (N-methyl/N-ethyl adjacent to an activating group) is 1. The van der Waals surface area contributed by atoms with E-state index < -0.39 is 5.91 Å². The number of nitrogen functional groups attached to an aromatic ring is 1. The molecule has 6 heteroatoms. The second-order valence-electron chi connectivity index (χ2n) is 3.52. The Morgan fingerprint density at radius 1 is 1.41 bits per heavy atom. The highest BCUT2D eigenvalue weighted by Crippen LogP contribution is 2.21. The third-order valence-corrected chi connectivity index (χ3v) is 2.95. The zero-order valence-corrected chi connectivity index (χ0v) is 11.0. The Bertz CT molecular complexity index is 448. The molecule has 5 nitrogen and oxygen atoms in total. The highest BCUT2D eigenvalue weighted by Gasteiger charge is 2.16. The van der Waals surface area contributed by atoms with Crippen LogP contribution in [0.4, 0.5) is 5.69 Å². The van der Waals surface area contributed by atoms with E-state index in [1.165, 1.54) is 4.90 Å². The summed E-state index contributed by atoms with van der Waals surface area (Å²) < 4.78 is 0.651. The Kier molecular flexibility index (Phi) is 4.51. The molecular weight excluding hydrogens is 286 g/mol. The van der Waals surface area contributed by atoms with Crippen molar-refractivity contribution in [1.29, 1.82) is 0 Å². The first-order valence-corrected chi connectivity index (χ1v) is 5.87. The molecule has 0 aliphatic carbocycles. The number of carbonyl (C=O) groups is 2. The van der Waals surface area contributed by atoms with Crippen LogP contribution in [0.5, 0.6) is 0 Å². The van der Waals surface area contributed by atoms with Gasteiger partial charge in [0.05, 0.1) is 6.54 Å². The number of primary amides is 1. The Hall–Kier alpha value is -1.56. The summed E-state index contributed by atoms with van der Waals surface area (Å²) in [5, 5.41) is 0. The average molecular weight is 300 g/mol. The molecule has 1 aromatic rings. The number of anilines is 1. The van der Waals surface area contributed by atoms with E-state index >= 15 is 0 Å². The summed E-state index contributed by atoms with van der Waals surface area (Å²) in [6.07, 6.45) is 0. The molecule has 0 saturated carbocycles. The molecule has 0 aliphatic rings. The van der Waals surface area contributed by atoms with E-state index in [-0.39, 0.29) is 12.5 Å². The highest BCUT2D eigenvalue weighted by molar-refractivity contribution is 9.10. The Morgan fingerprint density at radius 2 is 2.06 bits per heavy atom. The van der Waals surface area contributed by atoms with Crippen molar-refractivity contribution in [3.63, 3.8) is 0 Å². The minimum absolute atomic E-state index is 0.0860. The zero-order chi connectivity index (χ0) is 13.0. The standard InChI is InChI=1S/C11H14BrN3O2/c1-2-15(6-10(14)16)11(17)7-3-4-9(13)8(12)5-7/h3-5H,2,6,13H2,1H3,(H2,14,16). The van der Waals surface area contributed by atoms with Gasteiger partial charge in [-0.1, -0.05) is 0 Å². The van der Waals surface area contributed by atoms with Crippen LogP contribution in [0.25, 0.3) is 0 Å². The molecule has 0 unspecified atom stereocenters. The van der Waals surface area contributed by atoms with Gasteiger partial charge < -0.3 is 16.4 Å². The summed E-state index contributed by atoms with van der Waals surface area (Å²) in [6.45, 7) is 2.12. The van der Waals surface area contributed by atoms with Gasteiger partial charge in [-0.2, -0.15) is 0 Å². The van der Waals surface area contributed by atoms with Gasteiger partial charge in [0.2, 0.25) is 5.91 Å². The fourth-order valence-electron chi connectivity index (χ4n) is 1.36. The summed E-state index contributed by atoms with van der Waals surface area (Å²) >= 11 is 3.25. The minimum Gasteiger partial charge on any atom is -0.398 e. The summed E-state index contributed by atoms with van der Waals surface area (Å²) in [5.41, 5.74) is 11.7. The van der Waals surface area contributed by atoms with Crippen molar-refractivity contribution in [3.8, 4) is 0 Å². The van der Waals surface area contributed by atoms with Crippen molar-refractivity contribution in [2.45, 2.75) is 6.92 Å². The first kappa shape index (κ1) is 13.5. The molecule has 0 heterocycles. The molecule has 0 spiro atoms. The predicted octanol–water partition coefficient (Wildman–Crippen LogP) is 0.979. The molecule has 0 atom stereocenters. The Labute approximate surface area is 108 Å². The largest absolute Gasteiger partial charge is 0.398 e. The van der Waals surface area contributed by atoms with E-state index in [1.54, 1.807) is 25.1 Å². The quantitative estimate of drug-likeness (QED) is 0.812. The maximum Gasteiger partial charge on any atom is 0.254 e. The van der Waals surface area contributed by atoms with Gasteiger partial charge in [0, 0.05) is 22.3 Å². The molecular formula is C11H14BrN3O2. The van der Waals surface area contributed by atoms with Crippen molar-refractivity contribution in [1.82, 2.24) is 4.90 Å². The Balaban J connectivity index is 2.93. The number of carbonyl (C=O) groups excluding carboxylic acids is 2. The van der Waals surface area contributed by atoms with Gasteiger partial charge >= 0.3 is 0 Å². The van der Waals surface area contributed by atoms with Gasteiger partial charge in [-0.25, -0.2) is 0 Å². The monoisotopic (exact) mass is 299 g/mol. The first-order valence-electron chi connectivity index (χ1n) is 5.08. The van der Waals surface area contributed by atoms with E-state index in [9.17, 15) is 9.59 Å². The minimum atomic E-state index is -0.533. The lowest BCUT2D eigenvalue weighted by Gasteiger charge is -2.19. The van der Waals surface area contributed by atoms with E-state index in [0.717, 1.165) is 0 Å². The maximum absolute atomic E-state index is 12.0. The summed E-state index contributed by atoms with van der Waals surface area (Å²) in [7, 11) is 0. The SMILES string of the molecule is CCN(CC(N)=O)C(=O)c1ccc(N)c(Br)c1. The van der Waals surface area contributed by atoms with E-state index in [4.69, 9.17) is 11.5 Å². The smallest absolute Gasteiger partial charge is 0.254 e. The van der Waals surface area contributed by atoms with E-state index in [1.807, 2.05) is 0 Å². The number of hydrogen-bond acceptors (Lipinski definition) is 3. The molecule has 0 bridgehead atoms. The van der Waals surface area contributed by atoms with Gasteiger partial charge in [0.1, 0.15) is 0 Å². The first-order chi connectivity index (χ1) is 7.95. The van der Waals surface area contributed by atoms with Gasteiger partial charge in [-0.05, 0) is 41.1 Å². The number of halogens is 1. The summed E-state index contributed by atoms with van der Waals surface area (Å²) in [4.78, 5) is 24.2. The van der Waals surface area contributed by atoms with Crippen molar-refractivity contribution < 1.29 is 9.59 Å². The molecule has 0 aromatic heterocycles. The zero-order valence-electron chi connectivity index (χ0n) is 9.44. The molecule has 92 valence electrons. The van der Waals surface area contributed by atoms with Crippen LogP contribution in [0.15, 0.2) is 22.7 Å². The second kappa shape index (κ2) is 5.67. The van der Waals surface area contributed by atoms with Crippen molar-refractivity contribution in [2.75, 3.05) is 18.8 Å². The van der Waals surface area contributed by atoms with Gasteiger partial charge in [-0.15, -0.1) is 0 Å². The Morgan fingerprint density at radius 3 is 2.53 bits per heavy atom. The average Bonchev–Trinajstić information content (AvgIpc) is 2.28. The van der Waals surface area contributed by atoms with Gasteiger partial charge in [-0.3, -0.25) is 9.59 Å². The van der Waals surface area contributed by atoms with Gasteiger partial charge in [0.25, 0.3) is 5.91 Å². The van der Waals surface area contributed by atoms with E-state index in [2.05, 4.69) is 15.9 Å². The van der Waals surface area contributed by atoms with E-state index in [0.29, 0.717) is 22.3 Å². The van der Waals surface area contributed by atoms with Crippen molar-refractivity contribution in [2.24, 2.45) is 5.73 Å². The topological polar surface area (TPSA) is 89.4 Å². The molecule has 0 fully saturated rings. The second-order valence-corrected chi connectivity index (χ2v) is 4.38. The lowest BCUT2D eigenvalue weighted by molar-refractivity contribution is -0.118. The maximum atomic E-state index is 12.0. The highest BCUT2D eigenvalue weighted by atomic mass is 79.9. The number of nitrogens with two attached hydrogens (primary N) is 2. The fourth-order valence-corrected chi connectivity index (χ4v) is 1.74. The number of amides is 2. The number of hydrogen-bond donors (Lipinski definition) is 2. The summed E-state index contributed by atoms with van der Waals surface area (Å²) in [6, 6.07) is 4.88. The summed E-state index contributed by atoms with van der Waals surface area (Å²) in [5.74, 6) is -0.776. The van der Waals surface area contributed by atoms with Crippen LogP contribution in [-0.4, -0.2) is 29.8 Å². The lowest BCUT2D eigenvalue weighted by Crippen LogP contribution is -2.38. The molecule has 17 heavy (non-hydrogen) atoms. The molecule has 2 amide bonds. The fraction of sp³-hybridized carbons (Fsp3) is 0.273. The lowest BCUT2D eigenvalue weighted by atomic mass is 10.2. The van der Waals surface area contributed by atoms with Crippen LogP contribution in [0.3, 0.4) is 0 Å². The van der Waals surface area contributed by atoms with Crippen LogP contribution in [0.2, 0.25) is 0 Å². The van der Waals surface area contributed by atoms with Crippen LogP contribution in [0.1, 0.15) is 17.3 Å². The number of benzene rings is 1. The predicted molar refractivity (Wildman–Crippen MR) is 69.3 cm³/mol. The van der Waals surface area contributed by atoms with Crippen molar-refractivity contribution in [3.05, 3.63) is 28.2 Å². The third-order valence-electron chi connectivity index (χ3n) is 2.26. The molecule has 4 N–H and O–H groups in total. The number of nitrogens with zero attached hydrogens (tertiary/aromatic N) is 1. The molecule has 0 saturated heterocycles. The van der Waals surface area contributed by atoms with Crippen LogP contribution in [-0.2, 0) is 4.79 Å². The van der Waals surface area contributed by atoms with Crippen LogP contribution < -0.4 is 11.5 Å². The molecule has 1 rings (SSSR count). The normalized spacial score (nSPS) is 10.0. The van der Waals surface area contributed by atoms with Crippen LogP contribution >= 0.6 is 15.9 Å².